The lowest BCUT2D eigenvalue weighted by molar-refractivity contribution is 0.0707. The van der Waals surface area contributed by atoms with Crippen LogP contribution in [-0.2, 0) is 17.8 Å². The minimum Gasteiger partial charge on any atom is -0.465 e. The van der Waals surface area contributed by atoms with Gasteiger partial charge in [0.2, 0.25) is 0 Å². The summed E-state index contributed by atoms with van der Waals surface area (Å²) in [5.74, 6) is 0. The summed E-state index contributed by atoms with van der Waals surface area (Å²) in [7, 11) is 0. The number of fused-ring (bicyclic) bond motifs is 2. The summed E-state index contributed by atoms with van der Waals surface area (Å²) in [4.78, 5) is 20.8. The molecule has 0 radical (unpaired) electrons. The van der Waals surface area contributed by atoms with E-state index in [4.69, 9.17) is 4.74 Å². The Hall–Kier alpha value is -2.86. The van der Waals surface area contributed by atoms with Crippen molar-refractivity contribution in [3.63, 3.8) is 0 Å². The number of aryl methyl sites for hydroxylation is 1. The molecule has 0 spiro atoms. The van der Waals surface area contributed by atoms with Gasteiger partial charge in [-0.15, -0.1) is 0 Å². The Labute approximate surface area is 156 Å². The molecule has 1 saturated heterocycles. The molecule has 2 aliphatic heterocycles. The summed E-state index contributed by atoms with van der Waals surface area (Å²) >= 11 is 0. The van der Waals surface area contributed by atoms with Crippen molar-refractivity contribution in [3.8, 4) is 11.1 Å². The van der Waals surface area contributed by atoms with Gasteiger partial charge < -0.3 is 19.7 Å². The van der Waals surface area contributed by atoms with Crippen LogP contribution in [-0.4, -0.2) is 39.2 Å². The molecule has 0 saturated carbocycles. The highest BCUT2D eigenvalue weighted by Crippen LogP contribution is 2.40. The van der Waals surface area contributed by atoms with Crippen LogP contribution in [0.3, 0.4) is 0 Å². The zero-order valence-corrected chi connectivity index (χ0v) is 15.2. The lowest BCUT2D eigenvalue weighted by Gasteiger charge is -2.41. The molecule has 0 aliphatic carbocycles. The molecule has 1 fully saturated rings. The topological polar surface area (TPSA) is 78.5 Å². The number of amides is 1. The summed E-state index contributed by atoms with van der Waals surface area (Å²) in [6.45, 7) is 3.93. The van der Waals surface area contributed by atoms with Gasteiger partial charge in [-0.25, -0.2) is 9.78 Å². The molecule has 0 bridgehead atoms. The second kappa shape index (κ2) is 6.09. The predicted molar refractivity (Wildman–Crippen MR) is 102 cm³/mol. The first kappa shape index (κ1) is 16.3. The third-order valence-electron chi connectivity index (χ3n) is 5.83. The number of hydrogen-bond acceptors (Lipinski definition) is 3. The Bertz CT molecular complexity index is 1060. The smallest absolute Gasteiger partial charge is 0.407 e. The Morgan fingerprint density at radius 1 is 1.33 bits per heavy atom. The second-order valence-corrected chi connectivity index (χ2v) is 7.38. The highest BCUT2D eigenvalue weighted by atomic mass is 16.5. The van der Waals surface area contributed by atoms with Gasteiger partial charge in [0.1, 0.15) is 5.65 Å². The zero-order chi connectivity index (χ0) is 18.5. The molecule has 6 heteroatoms. The molecule has 3 aromatic rings. The minimum atomic E-state index is -0.854. The summed E-state index contributed by atoms with van der Waals surface area (Å²) < 4.78 is 5.68. The predicted octanol–water partition coefficient (Wildman–Crippen LogP) is 4.04. The number of nitrogens with zero attached hydrogens (tertiary/aromatic N) is 2. The van der Waals surface area contributed by atoms with Crippen LogP contribution in [0.15, 0.2) is 30.6 Å². The van der Waals surface area contributed by atoms with Gasteiger partial charge >= 0.3 is 6.09 Å². The average Bonchev–Trinajstić information content (AvgIpc) is 3.01. The number of aromatic nitrogens is 2. The van der Waals surface area contributed by atoms with Crippen LogP contribution < -0.4 is 0 Å². The third kappa shape index (κ3) is 2.59. The van der Waals surface area contributed by atoms with Crippen molar-refractivity contribution in [3.05, 3.63) is 52.8 Å². The van der Waals surface area contributed by atoms with E-state index >= 15 is 0 Å². The number of ether oxygens (including phenoxy) is 1. The van der Waals surface area contributed by atoms with Crippen LogP contribution in [0.25, 0.3) is 22.2 Å². The molecule has 2 N–H and O–H groups in total. The van der Waals surface area contributed by atoms with Crippen LogP contribution in [0.2, 0.25) is 0 Å². The van der Waals surface area contributed by atoms with Gasteiger partial charge in [0, 0.05) is 29.9 Å². The molecule has 2 aromatic heterocycles. The molecular weight excluding hydrogens is 342 g/mol. The van der Waals surface area contributed by atoms with Crippen LogP contribution in [0.1, 0.15) is 34.7 Å². The molecule has 6 nitrogen and oxygen atoms in total. The largest absolute Gasteiger partial charge is 0.465 e. The Morgan fingerprint density at radius 2 is 2.22 bits per heavy atom. The van der Waals surface area contributed by atoms with Crippen molar-refractivity contribution >= 4 is 17.1 Å². The fourth-order valence-corrected chi connectivity index (χ4v) is 4.21. The quantitative estimate of drug-likeness (QED) is 0.720. The van der Waals surface area contributed by atoms with E-state index in [9.17, 15) is 9.90 Å². The molecule has 27 heavy (non-hydrogen) atoms. The van der Waals surface area contributed by atoms with Crippen molar-refractivity contribution in [1.82, 2.24) is 14.9 Å². The summed E-state index contributed by atoms with van der Waals surface area (Å²) in [6.07, 6.45) is 4.72. The normalized spacial score (nSPS) is 19.0. The van der Waals surface area contributed by atoms with Gasteiger partial charge in [0.25, 0.3) is 0 Å². The monoisotopic (exact) mass is 363 g/mol. The van der Waals surface area contributed by atoms with E-state index in [1.54, 1.807) is 0 Å². The SMILES string of the molecule is Cc1c[nH]c2ncc(-c3cc4c(c(C5CCN5C(=O)O)c3)COCC4)cc12. The first-order chi connectivity index (χ1) is 13.1. The molecule has 1 unspecified atom stereocenters. The molecule has 1 amide bonds. The van der Waals surface area contributed by atoms with Crippen molar-refractivity contribution < 1.29 is 14.6 Å². The first-order valence-corrected chi connectivity index (χ1v) is 9.29. The number of pyridine rings is 1. The van der Waals surface area contributed by atoms with Gasteiger partial charge in [0.15, 0.2) is 0 Å². The van der Waals surface area contributed by atoms with E-state index in [0.29, 0.717) is 19.8 Å². The van der Waals surface area contributed by atoms with Crippen molar-refractivity contribution in [1.29, 1.82) is 0 Å². The van der Waals surface area contributed by atoms with Gasteiger partial charge in [-0.05, 0) is 59.7 Å². The van der Waals surface area contributed by atoms with E-state index in [1.807, 2.05) is 12.4 Å². The number of benzene rings is 1. The zero-order valence-electron chi connectivity index (χ0n) is 15.2. The lowest BCUT2D eigenvalue weighted by Crippen LogP contribution is -2.44. The minimum absolute atomic E-state index is 0.0800. The molecular formula is C21H21N3O3. The summed E-state index contributed by atoms with van der Waals surface area (Å²) in [5.41, 5.74) is 7.71. The van der Waals surface area contributed by atoms with Gasteiger partial charge in [-0.1, -0.05) is 6.07 Å². The summed E-state index contributed by atoms with van der Waals surface area (Å²) in [6, 6.07) is 6.44. The van der Waals surface area contributed by atoms with Crippen LogP contribution in [0, 0.1) is 6.92 Å². The van der Waals surface area contributed by atoms with E-state index in [2.05, 4.69) is 35.1 Å². The number of hydrogen-bond donors (Lipinski definition) is 2. The number of rotatable bonds is 2. The van der Waals surface area contributed by atoms with Gasteiger partial charge in [-0.2, -0.15) is 0 Å². The molecule has 4 heterocycles. The Morgan fingerprint density at radius 3 is 3.00 bits per heavy atom. The molecule has 138 valence electrons. The van der Waals surface area contributed by atoms with Crippen molar-refractivity contribution in [2.45, 2.75) is 32.4 Å². The molecule has 5 rings (SSSR count). The fraction of sp³-hybridized carbons (Fsp3) is 0.333. The first-order valence-electron chi connectivity index (χ1n) is 9.29. The number of likely N-dealkylation sites (tertiary alicyclic amines) is 1. The highest BCUT2D eigenvalue weighted by Gasteiger charge is 2.35. The number of carbonyl (C=O) groups is 1. The number of carboxylic acid groups (broad SMARTS) is 1. The van der Waals surface area contributed by atoms with E-state index in [1.165, 1.54) is 16.0 Å². The van der Waals surface area contributed by atoms with E-state index in [-0.39, 0.29) is 6.04 Å². The van der Waals surface area contributed by atoms with E-state index in [0.717, 1.165) is 46.1 Å². The fourth-order valence-electron chi connectivity index (χ4n) is 4.21. The summed E-state index contributed by atoms with van der Waals surface area (Å²) in [5, 5.41) is 10.6. The van der Waals surface area contributed by atoms with Crippen molar-refractivity contribution in [2.24, 2.45) is 0 Å². The number of aromatic amines is 1. The molecule has 1 aromatic carbocycles. The van der Waals surface area contributed by atoms with Gasteiger partial charge in [-0.3, -0.25) is 0 Å². The number of H-pyrrole nitrogens is 1. The molecule has 2 aliphatic rings. The lowest BCUT2D eigenvalue weighted by atomic mass is 9.85. The standard InChI is InChI=1S/C21H21N3O3/c1-12-9-22-20-16(12)8-15(10-23-20)14-6-13-3-5-27-11-18(13)17(7-14)19-2-4-24(19)21(25)26/h6-10,19H,2-5,11H2,1H3,(H,22,23)(H,25,26). The van der Waals surface area contributed by atoms with Crippen molar-refractivity contribution in [2.75, 3.05) is 13.2 Å². The maximum Gasteiger partial charge on any atom is 0.407 e. The molecule has 1 atom stereocenters. The van der Waals surface area contributed by atoms with Gasteiger partial charge in [0.05, 0.1) is 19.3 Å². The maximum absolute atomic E-state index is 11.5. The highest BCUT2D eigenvalue weighted by molar-refractivity contribution is 5.84. The average molecular weight is 363 g/mol. The maximum atomic E-state index is 11.5. The Kier molecular flexibility index (Phi) is 3.68. The van der Waals surface area contributed by atoms with Crippen LogP contribution in [0.4, 0.5) is 4.79 Å². The van der Waals surface area contributed by atoms with E-state index < -0.39 is 6.09 Å². The van der Waals surface area contributed by atoms with Crippen LogP contribution >= 0.6 is 0 Å². The number of nitrogens with one attached hydrogen (secondary N) is 1. The third-order valence-corrected chi connectivity index (χ3v) is 5.83. The van der Waals surface area contributed by atoms with Crippen LogP contribution in [0.5, 0.6) is 0 Å². The second-order valence-electron chi connectivity index (χ2n) is 7.38. The Balaban J connectivity index is 1.65.